The molecule has 0 unspecified atom stereocenters. The molecule has 12 bridgehead atoms. The van der Waals surface area contributed by atoms with Crippen molar-refractivity contribution in [1.82, 2.24) is 0 Å². The Bertz CT molecular complexity index is 1480. The highest BCUT2D eigenvalue weighted by atomic mass is 16.1. The van der Waals surface area contributed by atoms with Gasteiger partial charge in [-0.05, 0) is 144 Å². The van der Waals surface area contributed by atoms with Crippen LogP contribution in [0.3, 0.4) is 0 Å². The molecule has 0 aromatic heterocycles. The van der Waals surface area contributed by atoms with Gasteiger partial charge in [0.15, 0.2) is 0 Å². The van der Waals surface area contributed by atoms with E-state index in [-0.39, 0.29) is 0 Å². The van der Waals surface area contributed by atoms with Gasteiger partial charge in [-0.1, -0.05) is 72.8 Å². The molecule has 4 aromatic rings. The average Bonchev–Trinajstić information content (AvgIpc) is 2.99. The Morgan fingerprint density at radius 2 is 0.591 bits per heavy atom. The van der Waals surface area contributed by atoms with Gasteiger partial charge in [0, 0.05) is 25.7 Å². The fourth-order valence-corrected chi connectivity index (χ4v) is 7.96. The van der Waals surface area contributed by atoms with Crippen LogP contribution >= 0.6 is 0 Å². The molecule has 3 aliphatic carbocycles. The molecular formula is C42H44O2. The molecule has 0 atom stereocenters. The Kier molecular flexibility index (Phi) is 8.60. The van der Waals surface area contributed by atoms with Gasteiger partial charge in [-0.15, -0.1) is 0 Å². The lowest BCUT2D eigenvalue weighted by atomic mass is 9.83. The topological polar surface area (TPSA) is 34.1 Å². The molecule has 4 aromatic carbocycles. The molecule has 2 nitrogen and oxygen atoms in total. The normalized spacial score (nSPS) is 17.5. The zero-order valence-corrected chi connectivity index (χ0v) is 26.1. The van der Waals surface area contributed by atoms with Crippen molar-refractivity contribution in [2.24, 2.45) is 0 Å². The predicted molar refractivity (Wildman–Crippen MR) is 179 cm³/mol. The summed E-state index contributed by atoms with van der Waals surface area (Å²) in [5.41, 5.74) is 15.5. The second-order valence-corrected chi connectivity index (χ2v) is 13.6. The highest BCUT2D eigenvalue weighted by Gasteiger charge is 2.21. The Morgan fingerprint density at radius 3 is 0.886 bits per heavy atom. The predicted octanol–water partition coefficient (Wildman–Crippen LogP) is 8.04. The minimum atomic E-state index is 0.291. The van der Waals surface area contributed by atoms with Gasteiger partial charge < -0.3 is 0 Å². The largest absolute Gasteiger partial charge is 0.299 e. The Labute approximate surface area is 262 Å². The highest BCUT2D eigenvalue weighted by Crippen LogP contribution is 2.29. The molecule has 224 valence electrons. The van der Waals surface area contributed by atoms with Gasteiger partial charge in [-0.3, -0.25) is 9.59 Å². The molecule has 0 N–H and O–H groups in total. The number of carbonyl (C=O) groups excluding carboxylic acids is 2. The lowest BCUT2D eigenvalue weighted by molar-refractivity contribution is -0.118. The van der Waals surface area contributed by atoms with Gasteiger partial charge in [-0.2, -0.15) is 0 Å². The van der Waals surface area contributed by atoms with Gasteiger partial charge in [0.05, 0.1) is 0 Å². The first-order chi connectivity index (χ1) is 21.6. The van der Waals surface area contributed by atoms with Gasteiger partial charge in [-0.25, -0.2) is 0 Å². The van der Waals surface area contributed by atoms with E-state index in [9.17, 15) is 9.59 Å². The van der Waals surface area contributed by atoms with E-state index in [0.717, 1.165) is 99.3 Å². The Morgan fingerprint density at radius 1 is 0.318 bits per heavy atom. The zero-order chi connectivity index (χ0) is 29.9. The number of Topliss-reactive ketones (excluding diaryl/α,β-unsaturated/α-hetero) is 2. The Balaban J connectivity index is 1.22. The smallest absolute Gasteiger partial charge is 0.141 e. The second-order valence-electron chi connectivity index (χ2n) is 13.6. The summed E-state index contributed by atoms with van der Waals surface area (Å²) in [6.07, 6.45) is 14.2. The van der Waals surface area contributed by atoms with E-state index < -0.39 is 0 Å². The average molecular weight is 581 g/mol. The van der Waals surface area contributed by atoms with Crippen LogP contribution in [0.2, 0.25) is 0 Å². The lowest BCUT2D eigenvalue weighted by Gasteiger charge is -2.21. The SMILES string of the molecule is O=C1Cc2cc(c3cc2CCCc2cccc(c2)CCC3)CC(=O)Cc2cc(c3cc2CCCc2cccc(c2)CCC3)C1. The van der Waals surface area contributed by atoms with Crippen molar-refractivity contribution in [3.8, 4) is 0 Å². The molecule has 0 fully saturated rings. The summed E-state index contributed by atoms with van der Waals surface area (Å²) < 4.78 is 0. The molecule has 0 heterocycles. The zero-order valence-electron chi connectivity index (χ0n) is 26.1. The molecule has 0 saturated carbocycles. The molecule has 0 aliphatic heterocycles. The van der Waals surface area contributed by atoms with Crippen molar-refractivity contribution in [3.05, 3.63) is 140 Å². The molecule has 7 rings (SSSR count). The maximum absolute atomic E-state index is 13.8. The number of fused-ring (bicyclic) bond motifs is 16. The molecule has 0 saturated heterocycles. The van der Waals surface area contributed by atoms with E-state index in [1.165, 1.54) is 44.5 Å². The van der Waals surface area contributed by atoms with Crippen molar-refractivity contribution in [2.45, 2.75) is 103 Å². The first-order valence-electron chi connectivity index (χ1n) is 17.0. The van der Waals surface area contributed by atoms with E-state index in [1.807, 2.05) is 0 Å². The summed E-state index contributed by atoms with van der Waals surface area (Å²) in [6.45, 7) is 0. The van der Waals surface area contributed by atoms with Crippen LogP contribution in [0.1, 0.15) is 92.4 Å². The summed E-state index contributed by atoms with van der Waals surface area (Å²) in [6, 6.07) is 27.4. The van der Waals surface area contributed by atoms with Gasteiger partial charge in [0.25, 0.3) is 0 Å². The van der Waals surface area contributed by atoms with Crippen LogP contribution < -0.4 is 0 Å². The minimum Gasteiger partial charge on any atom is -0.299 e. The lowest BCUT2D eigenvalue weighted by Crippen LogP contribution is -2.17. The third kappa shape index (κ3) is 6.80. The van der Waals surface area contributed by atoms with E-state index in [4.69, 9.17) is 0 Å². The summed E-state index contributed by atoms with van der Waals surface area (Å²) in [4.78, 5) is 27.7. The molecular weight excluding hydrogens is 536 g/mol. The van der Waals surface area contributed by atoms with Crippen molar-refractivity contribution in [3.63, 3.8) is 0 Å². The highest BCUT2D eigenvalue weighted by molar-refractivity contribution is 5.86. The number of rotatable bonds is 0. The minimum absolute atomic E-state index is 0.291. The number of benzene rings is 4. The summed E-state index contributed by atoms with van der Waals surface area (Å²) in [5.74, 6) is 0.582. The van der Waals surface area contributed by atoms with E-state index in [0.29, 0.717) is 37.2 Å². The van der Waals surface area contributed by atoms with Crippen LogP contribution in [0, 0.1) is 0 Å². The Hall–Kier alpha value is -3.78. The van der Waals surface area contributed by atoms with E-state index in [1.54, 1.807) is 0 Å². The quantitative estimate of drug-likeness (QED) is 0.211. The second kappa shape index (κ2) is 13.1. The van der Waals surface area contributed by atoms with Gasteiger partial charge in [0.2, 0.25) is 0 Å². The van der Waals surface area contributed by atoms with Crippen LogP contribution in [0.15, 0.2) is 72.8 Å². The molecule has 44 heavy (non-hydrogen) atoms. The number of ketones is 2. The fourth-order valence-electron chi connectivity index (χ4n) is 7.96. The molecule has 3 aliphatic rings. The standard InChI is InChI=1S/C42H44O2/c43-41-25-37-23-38(34-16-4-12-30-8-1-7-29(19-30)11-3-15-33(37)21-34)26-42(44)28-40-24-39(27-41)35-17-5-13-31-9-2-10-32(20-31)14-6-18-36(40)22-35/h1-2,7-10,19-24H,3-6,11-18,25-28H2. The number of hydrogen-bond acceptors (Lipinski definition) is 2. The first-order valence-corrected chi connectivity index (χ1v) is 17.0. The summed E-state index contributed by atoms with van der Waals surface area (Å²) in [5, 5.41) is 0. The van der Waals surface area contributed by atoms with Gasteiger partial charge in [0.1, 0.15) is 11.6 Å². The van der Waals surface area contributed by atoms with Crippen LogP contribution in [0.25, 0.3) is 0 Å². The van der Waals surface area contributed by atoms with Gasteiger partial charge >= 0.3 is 0 Å². The fraction of sp³-hybridized carbons (Fsp3) is 0.381. The molecule has 2 heteroatoms. The maximum Gasteiger partial charge on any atom is 0.141 e. The monoisotopic (exact) mass is 580 g/mol. The molecule has 0 radical (unpaired) electrons. The number of hydrogen-bond donors (Lipinski definition) is 0. The van der Waals surface area contributed by atoms with Crippen molar-refractivity contribution in [1.29, 1.82) is 0 Å². The third-order valence-electron chi connectivity index (χ3n) is 10.2. The van der Waals surface area contributed by atoms with Crippen molar-refractivity contribution >= 4 is 11.6 Å². The van der Waals surface area contributed by atoms with Crippen LogP contribution in [-0.4, -0.2) is 11.6 Å². The summed E-state index contributed by atoms with van der Waals surface area (Å²) >= 11 is 0. The van der Waals surface area contributed by atoms with Crippen LogP contribution in [-0.2, 0) is 86.6 Å². The van der Waals surface area contributed by atoms with E-state index >= 15 is 0 Å². The first kappa shape index (κ1) is 29.0. The number of aryl methyl sites for hydroxylation is 8. The van der Waals surface area contributed by atoms with Crippen LogP contribution in [0.5, 0.6) is 0 Å². The van der Waals surface area contributed by atoms with Crippen LogP contribution in [0.4, 0.5) is 0 Å². The van der Waals surface area contributed by atoms with Crippen molar-refractivity contribution < 1.29 is 9.59 Å². The maximum atomic E-state index is 13.8. The van der Waals surface area contributed by atoms with Crippen molar-refractivity contribution in [2.75, 3.05) is 0 Å². The van der Waals surface area contributed by atoms with E-state index in [2.05, 4.69) is 72.8 Å². The third-order valence-corrected chi connectivity index (χ3v) is 10.2. The summed E-state index contributed by atoms with van der Waals surface area (Å²) in [7, 11) is 0. The molecule has 0 spiro atoms. The number of carbonyl (C=O) groups is 2. The molecule has 0 amide bonds.